The molecule has 2 amide bonds. The molecule has 35 heavy (non-hydrogen) atoms. The number of benzene rings is 3. The van der Waals surface area contributed by atoms with Gasteiger partial charge in [0.2, 0.25) is 5.91 Å². The van der Waals surface area contributed by atoms with Gasteiger partial charge in [-0.25, -0.2) is 0 Å². The molecule has 0 aromatic heterocycles. The molecule has 1 N–H and O–H groups in total. The number of nitrogens with one attached hydrogen (secondary N) is 1. The van der Waals surface area contributed by atoms with Crippen LogP contribution in [0, 0.1) is 20.8 Å². The van der Waals surface area contributed by atoms with Gasteiger partial charge in [-0.1, -0.05) is 66.2 Å². The maximum absolute atomic E-state index is 13.6. The Morgan fingerprint density at radius 1 is 0.943 bits per heavy atom. The first-order valence-corrected chi connectivity index (χ1v) is 12.2. The zero-order valence-electron chi connectivity index (χ0n) is 20.8. The number of amides is 2. The lowest BCUT2D eigenvalue weighted by Crippen LogP contribution is -2.51. The third-order valence-corrected chi connectivity index (χ3v) is 6.59. The Bertz CT molecular complexity index is 1140. The second-order valence-corrected chi connectivity index (χ2v) is 9.09. The molecule has 3 aromatic carbocycles. The van der Waals surface area contributed by atoms with Gasteiger partial charge in [0.05, 0.1) is 0 Å². The van der Waals surface area contributed by atoms with Gasteiger partial charge in [0.25, 0.3) is 5.91 Å². The molecule has 0 saturated carbocycles. The van der Waals surface area contributed by atoms with E-state index < -0.39 is 6.04 Å². The van der Waals surface area contributed by atoms with Gasteiger partial charge in [-0.2, -0.15) is 0 Å². The summed E-state index contributed by atoms with van der Waals surface area (Å²) in [6.07, 6.45) is 0.406. The number of hydrogen-bond donors (Lipinski definition) is 1. The van der Waals surface area contributed by atoms with Crippen LogP contribution < -0.4 is 10.1 Å². The molecule has 6 heteroatoms. The van der Waals surface area contributed by atoms with Crippen LogP contribution in [-0.4, -0.2) is 35.9 Å². The number of halogens is 1. The summed E-state index contributed by atoms with van der Waals surface area (Å²) in [6.45, 7) is 8.29. The van der Waals surface area contributed by atoms with Crippen molar-refractivity contribution in [3.63, 3.8) is 0 Å². The zero-order valence-corrected chi connectivity index (χ0v) is 21.6. The van der Waals surface area contributed by atoms with Crippen molar-refractivity contribution < 1.29 is 14.3 Å². The smallest absolute Gasteiger partial charge is 0.261 e. The lowest BCUT2D eigenvalue weighted by Gasteiger charge is -2.32. The number of rotatable bonds is 10. The summed E-state index contributed by atoms with van der Waals surface area (Å²) in [7, 11) is 0. The fraction of sp³-hybridized carbons (Fsp3) is 0.310. The number of likely N-dealkylation sites (N-methyl/N-ethyl adjacent to an activating group) is 1. The lowest BCUT2D eigenvalue weighted by molar-refractivity contribution is -0.142. The Hall–Kier alpha value is -3.31. The molecular formula is C29H33ClN2O3. The predicted molar refractivity (Wildman–Crippen MR) is 141 cm³/mol. The Morgan fingerprint density at radius 2 is 1.57 bits per heavy atom. The maximum Gasteiger partial charge on any atom is 0.261 e. The average molecular weight is 493 g/mol. The number of hydrogen-bond acceptors (Lipinski definition) is 3. The molecule has 0 aliphatic carbocycles. The molecule has 0 aliphatic heterocycles. The van der Waals surface area contributed by atoms with E-state index in [4.69, 9.17) is 16.3 Å². The van der Waals surface area contributed by atoms with Gasteiger partial charge in [-0.05, 0) is 67.6 Å². The number of aryl methyl sites for hydroxylation is 3. The lowest BCUT2D eigenvalue weighted by atomic mass is 10.0. The van der Waals surface area contributed by atoms with Gasteiger partial charge in [0, 0.05) is 24.5 Å². The van der Waals surface area contributed by atoms with Crippen LogP contribution in [0.25, 0.3) is 0 Å². The number of carbonyl (C=O) groups is 2. The molecule has 3 aromatic rings. The molecule has 0 saturated heterocycles. The third kappa shape index (κ3) is 7.09. The minimum absolute atomic E-state index is 0.183. The topological polar surface area (TPSA) is 58.6 Å². The fourth-order valence-electron chi connectivity index (χ4n) is 4.03. The van der Waals surface area contributed by atoms with E-state index in [2.05, 4.69) is 5.32 Å². The Morgan fingerprint density at radius 3 is 2.20 bits per heavy atom. The van der Waals surface area contributed by atoms with Crippen LogP contribution in [0.4, 0.5) is 0 Å². The van der Waals surface area contributed by atoms with Crippen molar-refractivity contribution >= 4 is 23.4 Å². The summed E-state index contributed by atoms with van der Waals surface area (Å²) >= 11 is 6.28. The molecule has 0 fully saturated rings. The fourth-order valence-corrected chi connectivity index (χ4v) is 4.14. The van der Waals surface area contributed by atoms with Gasteiger partial charge in [0.15, 0.2) is 6.61 Å². The first-order valence-electron chi connectivity index (χ1n) is 11.8. The molecular weight excluding hydrogens is 460 g/mol. The van der Waals surface area contributed by atoms with Crippen LogP contribution in [0.15, 0.2) is 66.7 Å². The van der Waals surface area contributed by atoms with E-state index in [1.54, 1.807) is 4.90 Å². The molecule has 0 unspecified atom stereocenters. The molecule has 1 atom stereocenters. The quantitative estimate of drug-likeness (QED) is 0.411. The van der Waals surface area contributed by atoms with E-state index in [1.807, 2.05) is 94.4 Å². The van der Waals surface area contributed by atoms with Gasteiger partial charge < -0.3 is 15.0 Å². The van der Waals surface area contributed by atoms with Gasteiger partial charge >= 0.3 is 0 Å². The minimum atomic E-state index is -0.679. The van der Waals surface area contributed by atoms with Crippen molar-refractivity contribution in [1.29, 1.82) is 0 Å². The molecule has 0 spiro atoms. The van der Waals surface area contributed by atoms with Crippen molar-refractivity contribution in [1.82, 2.24) is 10.2 Å². The van der Waals surface area contributed by atoms with E-state index >= 15 is 0 Å². The van der Waals surface area contributed by atoms with Crippen LogP contribution in [0.2, 0.25) is 5.02 Å². The Kier molecular flexibility index (Phi) is 9.32. The molecule has 0 aliphatic rings. The van der Waals surface area contributed by atoms with Crippen molar-refractivity contribution in [2.24, 2.45) is 0 Å². The number of ether oxygens (including phenoxy) is 1. The molecule has 0 heterocycles. The van der Waals surface area contributed by atoms with Crippen molar-refractivity contribution in [2.75, 3.05) is 13.2 Å². The average Bonchev–Trinajstić information content (AvgIpc) is 2.85. The van der Waals surface area contributed by atoms with E-state index in [0.29, 0.717) is 30.3 Å². The zero-order chi connectivity index (χ0) is 25.4. The van der Waals surface area contributed by atoms with E-state index in [-0.39, 0.29) is 18.4 Å². The highest BCUT2D eigenvalue weighted by Gasteiger charge is 2.30. The standard InChI is InChI=1S/C29H33ClN2O3/c1-5-31-29(34)26(17-23-12-7-6-8-13-23)32(18-24-14-10-9-11-20(24)2)27(33)19-35-25-15-21(3)28(30)22(4)16-25/h6-16,26H,5,17-19H2,1-4H3,(H,31,34)/t26-/m1/s1. The van der Waals surface area contributed by atoms with Gasteiger partial charge in [-0.3, -0.25) is 9.59 Å². The summed E-state index contributed by atoms with van der Waals surface area (Å²) in [5, 5.41) is 3.59. The summed E-state index contributed by atoms with van der Waals surface area (Å²) < 4.78 is 5.89. The van der Waals surface area contributed by atoms with Crippen LogP contribution >= 0.6 is 11.6 Å². The number of carbonyl (C=O) groups excluding carboxylic acids is 2. The SMILES string of the molecule is CCNC(=O)[C@@H](Cc1ccccc1)N(Cc1ccccc1C)C(=O)COc1cc(C)c(Cl)c(C)c1. The van der Waals surface area contributed by atoms with Crippen LogP contribution in [0.3, 0.4) is 0 Å². The summed E-state index contributed by atoms with van der Waals surface area (Å²) in [6, 6.07) is 20.6. The summed E-state index contributed by atoms with van der Waals surface area (Å²) in [5.41, 5.74) is 4.80. The van der Waals surface area contributed by atoms with Gasteiger partial charge in [-0.15, -0.1) is 0 Å². The normalized spacial score (nSPS) is 11.6. The molecule has 5 nitrogen and oxygen atoms in total. The second-order valence-electron chi connectivity index (χ2n) is 8.71. The van der Waals surface area contributed by atoms with Gasteiger partial charge in [0.1, 0.15) is 11.8 Å². The monoisotopic (exact) mass is 492 g/mol. The highest BCUT2D eigenvalue weighted by molar-refractivity contribution is 6.32. The summed E-state index contributed by atoms with van der Waals surface area (Å²) in [5.74, 6) is 0.133. The second kappa shape index (κ2) is 12.4. The van der Waals surface area contributed by atoms with E-state index in [1.165, 1.54) is 0 Å². The van der Waals surface area contributed by atoms with E-state index in [9.17, 15) is 9.59 Å². The highest BCUT2D eigenvalue weighted by Crippen LogP contribution is 2.26. The van der Waals surface area contributed by atoms with Crippen LogP contribution in [0.1, 0.15) is 34.7 Å². The van der Waals surface area contributed by atoms with Crippen LogP contribution in [0.5, 0.6) is 5.75 Å². The first kappa shape index (κ1) is 26.3. The first-order chi connectivity index (χ1) is 16.8. The Labute approximate surface area is 213 Å². The molecule has 3 rings (SSSR count). The van der Waals surface area contributed by atoms with Crippen molar-refractivity contribution in [3.05, 3.63) is 99.6 Å². The molecule has 0 bridgehead atoms. The predicted octanol–water partition coefficient (Wildman–Crippen LogP) is 5.42. The molecule has 0 radical (unpaired) electrons. The highest BCUT2D eigenvalue weighted by atomic mass is 35.5. The van der Waals surface area contributed by atoms with Crippen molar-refractivity contribution in [2.45, 2.75) is 46.7 Å². The maximum atomic E-state index is 13.6. The largest absolute Gasteiger partial charge is 0.484 e. The number of nitrogens with zero attached hydrogens (tertiary/aromatic N) is 1. The van der Waals surface area contributed by atoms with E-state index in [0.717, 1.165) is 27.8 Å². The molecule has 184 valence electrons. The Balaban J connectivity index is 1.91. The van der Waals surface area contributed by atoms with Crippen LogP contribution in [-0.2, 0) is 22.6 Å². The summed E-state index contributed by atoms with van der Waals surface area (Å²) in [4.78, 5) is 28.4. The minimum Gasteiger partial charge on any atom is -0.484 e. The van der Waals surface area contributed by atoms with Crippen molar-refractivity contribution in [3.8, 4) is 5.75 Å². The third-order valence-electron chi connectivity index (χ3n) is 6.00.